The fourth-order valence-electron chi connectivity index (χ4n) is 3.61. The number of likely N-dealkylation sites (tertiary alicyclic amines) is 1. The summed E-state index contributed by atoms with van der Waals surface area (Å²) < 4.78 is 6.79. The van der Waals surface area contributed by atoms with Crippen LogP contribution in [0, 0.1) is 0 Å². The molecule has 0 aliphatic carbocycles. The first-order valence-corrected chi connectivity index (χ1v) is 8.83. The number of methoxy groups -OCH3 is 1. The van der Waals surface area contributed by atoms with Gasteiger partial charge in [-0.15, -0.1) is 0 Å². The van der Waals surface area contributed by atoms with Gasteiger partial charge in [-0.2, -0.15) is 0 Å². The van der Waals surface area contributed by atoms with Crippen LogP contribution in [0.1, 0.15) is 28.9 Å². The van der Waals surface area contributed by atoms with Crippen LogP contribution in [0.4, 0.5) is 0 Å². The molecule has 2 aromatic rings. The van der Waals surface area contributed by atoms with Crippen LogP contribution in [0.25, 0.3) is 0 Å². The van der Waals surface area contributed by atoms with Crippen LogP contribution in [0.2, 0.25) is 0 Å². The van der Waals surface area contributed by atoms with Gasteiger partial charge in [0.2, 0.25) is 0 Å². The molecule has 1 aliphatic heterocycles. The standard InChI is InChI=1S/C20H25N3O3/c1-22-12-6-10-17(22)18(24)21-20(19(25)26-2)11-7-13-23(15-20)14-16-8-4-3-5-9-16/h3-6,8-10,12H,7,11,13-15H2,1-2H3,(H,21,24)/t20-/m0/s1. The van der Waals surface area contributed by atoms with E-state index in [2.05, 4.69) is 22.3 Å². The zero-order valence-corrected chi connectivity index (χ0v) is 15.3. The zero-order valence-electron chi connectivity index (χ0n) is 15.3. The molecule has 0 saturated carbocycles. The van der Waals surface area contributed by atoms with Gasteiger partial charge in [0.25, 0.3) is 5.91 Å². The molecule has 0 radical (unpaired) electrons. The first-order chi connectivity index (χ1) is 12.5. The highest BCUT2D eigenvalue weighted by atomic mass is 16.5. The quantitative estimate of drug-likeness (QED) is 0.833. The van der Waals surface area contributed by atoms with Crippen LogP contribution in [-0.4, -0.2) is 47.1 Å². The topological polar surface area (TPSA) is 63.6 Å². The molecule has 1 saturated heterocycles. The third-order valence-electron chi connectivity index (χ3n) is 4.93. The van der Waals surface area contributed by atoms with E-state index in [1.807, 2.05) is 37.5 Å². The van der Waals surface area contributed by atoms with Crippen LogP contribution in [0.5, 0.6) is 0 Å². The maximum atomic E-state index is 12.7. The molecule has 0 bridgehead atoms. The average Bonchev–Trinajstić information content (AvgIpc) is 3.08. The highest BCUT2D eigenvalue weighted by molar-refractivity contribution is 5.97. The third kappa shape index (κ3) is 3.80. The summed E-state index contributed by atoms with van der Waals surface area (Å²) in [5, 5.41) is 2.97. The largest absolute Gasteiger partial charge is 0.467 e. The SMILES string of the molecule is COC(=O)[C@]1(NC(=O)c2cccn2C)CCCN(Cc2ccccc2)C1. The van der Waals surface area contributed by atoms with E-state index in [1.54, 1.807) is 10.6 Å². The Morgan fingerprint density at radius 2 is 1.96 bits per heavy atom. The molecule has 1 aliphatic rings. The van der Waals surface area contributed by atoms with E-state index < -0.39 is 11.5 Å². The number of esters is 1. The first kappa shape index (κ1) is 18.2. The lowest BCUT2D eigenvalue weighted by Gasteiger charge is -2.41. The van der Waals surface area contributed by atoms with Crippen molar-refractivity contribution in [3.63, 3.8) is 0 Å². The Hall–Kier alpha value is -2.60. The number of nitrogens with zero attached hydrogens (tertiary/aromatic N) is 2. The molecule has 26 heavy (non-hydrogen) atoms. The first-order valence-electron chi connectivity index (χ1n) is 8.83. The van der Waals surface area contributed by atoms with Crippen molar-refractivity contribution in [1.82, 2.24) is 14.8 Å². The van der Waals surface area contributed by atoms with Gasteiger partial charge < -0.3 is 14.6 Å². The number of aryl methyl sites for hydroxylation is 1. The van der Waals surface area contributed by atoms with Crippen LogP contribution in [0.15, 0.2) is 48.7 Å². The zero-order chi connectivity index (χ0) is 18.6. The Morgan fingerprint density at radius 1 is 1.19 bits per heavy atom. The molecule has 1 amide bonds. The molecular formula is C20H25N3O3. The van der Waals surface area contributed by atoms with E-state index in [9.17, 15) is 9.59 Å². The summed E-state index contributed by atoms with van der Waals surface area (Å²) >= 11 is 0. The summed E-state index contributed by atoms with van der Waals surface area (Å²) in [7, 11) is 3.18. The molecule has 138 valence electrons. The molecule has 1 aromatic heterocycles. The minimum absolute atomic E-state index is 0.260. The summed E-state index contributed by atoms with van der Waals surface area (Å²) in [4.78, 5) is 27.5. The van der Waals surface area contributed by atoms with Crippen molar-refractivity contribution in [3.8, 4) is 0 Å². The molecule has 3 rings (SSSR count). The van der Waals surface area contributed by atoms with Gasteiger partial charge in [-0.1, -0.05) is 30.3 Å². The third-order valence-corrected chi connectivity index (χ3v) is 4.93. The van der Waals surface area contributed by atoms with Gasteiger partial charge in [0.05, 0.1) is 7.11 Å². The van der Waals surface area contributed by atoms with Crippen molar-refractivity contribution in [1.29, 1.82) is 0 Å². The molecule has 1 N–H and O–H groups in total. The Bertz CT molecular complexity index is 772. The van der Waals surface area contributed by atoms with Crippen molar-refractivity contribution in [2.75, 3.05) is 20.2 Å². The highest BCUT2D eigenvalue weighted by Gasteiger charge is 2.45. The summed E-state index contributed by atoms with van der Waals surface area (Å²) in [6.07, 6.45) is 3.19. The second-order valence-electron chi connectivity index (χ2n) is 6.83. The van der Waals surface area contributed by atoms with E-state index in [4.69, 9.17) is 4.74 Å². The van der Waals surface area contributed by atoms with Crippen LogP contribution >= 0.6 is 0 Å². The molecule has 0 unspecified atom stereocenters. The van der Waals surface area contributed by atoms with Crippen molar-refractivity contribution >= 4 is 11.9 Å². The molecule has 2 heterocycles. The molecular weight excluding hydrogens is 330 g/mol. The molecule has 6 heteroatoms. The lowest BCUT2D eigenvalue weighted by molar-refractivity contribution is -0.150. The number of aromatic nitrogens is 1. The fraction of sp³-hybridized carbons (Fsp3) is 0.400. The maximum Gasteiger partial charge on any atom is 0.332 e. The summed E-state index contributed by atoms with van der Waals surface area (Å²) in [6.45, 7) is 2.05. The molecule has 1 fully saturated rings. The lowest BCUT2D eigenvalue weighted by atomic mass is 9.88. The van der Waals surface area contributed by atoms with E-state index in [1.165, 1.54) is 12.7 Å². The molecule has 1 aromatic carbocycles. The number of hydrogen-bond acceptors (Lipinski definition) is 4. The maximum absolute atomic E-state index is 12.7. The van der Waals surface area contributed by atoms with Gasteiger partial charge in [-0.3, -0.25) is 9.69 Å². The van der Waals surface area contributed by atoms with E-state index in [0.717, 1.165) is 19.5 Å². The van der Waals surface area contributed by atoms with Gasteiger partial charge >= 0.3 is 5.97 Å². The minimum atomic E-state index is -1.02. The van der Waals surface area contributed by atoms with Gasteiger partial charge in [-0.25, -0.2) is 4.79 Å². The fourth-order valence-corrected chi connectivity index (χ4v) is 3.61. The van der Waals surface area contributed by atoms with Crippen molar-refractivity contribution in [2.24, 2.45) is 7.05 Å². The number of piperidine rings is 1. The molecule has 0 spiro atoms. The monoisotopic (exact) mass is 355 g/mol. The minimum Gasteiger partial charge on any atom is -0.467 e. The van der Waals surface area contributed by atoms with E-state index >= 15 is 0 Å². The van der Waals surface area contributed by atoms with Crippen LogP contribution in [-0.2, 0) is 23.1 Å². The lowest BCUT2D eigenvalue weighted by Crippen LogP contribution is -2.63. The Kier molecular flexibility index (Phi) is 5.42. The predicted octanol–water partition coefficient (Wildman–Crippen LogP) is 1.96. The molecule has 1 atom stereocenters. The van der Waals surface area contributed by atoms with Gasteiger partial charge in [-0.05, 0) is 37.1 Å². The number of carbonyl (C=O) groups is 2. The van der Waals surface area contributed by atoms with Crippen molar-refractivity contribution in [2.45, 2.75) is 24.9 Å². The Balaban J connectivity index is 1.79. The summed E-state index contributed by atoms with van der Waals surface area (Å²) in [5.41, 5.74) is 0.679. The smallest absolute Gasteiger partial charge is 0.332 e. The Morgan fingerprint density at radius 3 is 2.62 bits per heavy atom. The summed E-state index contributed by atoms with van der Waals surface area (Å²) in [5.74, 6) is -0.651. The molecule has 6 nitrogen and oxygen atoms in total. The number of amides is 1. The van der Waals surface area contributed by atoms with Gasteiger partial charge in [0.15, 0.2) is 5.54 Å². The number of benzene rings is 1. The van der Waals surface area contributed by atoms with Gasteiger partial charge in [0.1, 0.15) is 5.69 Å². The number of carbonyl (C=O) groups excluding carboxylic acids is 2. The van der Waals surface area contributed by atoms with Crippen molar-refractivity contribution < 1.29 is 14.3 Å². The van der Waals surface area contributed by atoms with E-state index in [0.29, 0.717) is 18.7 Å². The normalized spacial score (nSPS) is 20.5. The number of hydrogen-bond donors (Lipinski definition) is 1. The average molecular weight is 355 g/mol. The number of nitrogens with one attached hydrogen (secondary N) is 1. The van der Waals surface area contributed by atoms with Crippen molar-refractivity contribution in [3.05, 3.63) is 59.9 Å². The Labute approximate surface area is 153 Å². The number of ether oxygens (including phenoxy) is 1. The van der Waals surface area contributed by atoms with E-state index in [-0.39, 0.29) is 5.91 Å². The predicted molar refractivity (Wildman–Crippen MR) is 98.6 cm³/mol. The van der Waals surface area contributed by atoms with Gasteiger partial charge in [0, 0.05) is 26.3 Å². The highest BCUT2D eigenvalue weighted by Crippen LogP contribution is 2.25. The second kappa shape index (κ2) is 7.74. The van der Waals surface area contributed by atoms with Crippen LogP contribution < -0.4 is 5.32 Å². The second-order valence-corrected chi connectivity index (χ2v) is 6.83. The van der Waals surface area contributed by atoms with Crippen LogP contribution in [0.3, 0.4) is 0 Å². The number of rotatable bonds is 5. The summed E-state index contributed by atoms with van der Waals surface area (Å²) in [6, 6.07) is 13.7.